The average Bonchev–Trinajstić information content (AvgIpc) is 2.74. The Morgan fingerprint density at radius 1 is 1.29 bits per heavy atom. The van der Waals surface area contributed by atoms with Crippen LogP contribution in [0.4, 0.5) is 0 Å². The maximum atomic E-state index is 12.3. The molecule has 0 radical (unpaired) electrons. The van der Waals surface area contributed by atoms with Crippen LogP contribution in [-0.2, 0) is 11.2 Å². The van der Waals surface area contributed by atoms with Gasteiger partial charge in [0.05, 0.1) is 28.7 Å². The fourth-order valence-electron chi connectivity index (χ4n) is 1.92. The minimum atomic E-state index is -1.17. The molecule has 2 aromatic rings. The molecule has 2 rings (SSSR count). The summed E-state index contributed by atoms with van der Waals surface area (Å²) in [5, 5.41) is 11.8. The van der Waals surface area contributed by atoms with Gasteiger partial charge in [-0.2, -0.15) is 0 Å². The number of H-pyrrole nitrogens is 1. The summed E-state index contributed by atoms with van der Waals surface area (Å²) in [5.41, 5.74) is -0.611. The monoisotopic (exact) mass is 328 g/mol. The molecule has 0 atom stereocenters. The lowest BCUT2D eigenvalue weighted by atomic mass is 10.1. The number of nitrogens with zero attached hydrogens (tertiary/aromatic N) is 1. The number of para-hydroxylation sites is 1. The zero-order chi connectivity index (χ0) is 15.6. The number of nitrogens with one attached hydrogen (secondary N) is 1. The number of carbonyl (C=O) groups is 2. The van der Waals surface area contributed by atoms with Crippen LogP contribution in [0, 0.1) is 0 Å². The number of Topliss-reactive ketones (excluding diaryl/α,β-unsaturated/α-hetero) is 1. The quantitative estimate of drug-likeness (QED) is 0.647. The van der Waals surface area contributed by atoms with Crippen LogP contribution in [0.2, 0.25) is 5.02 Å². The molecular weight excluding hydrogens is 319 g/mol. The van der Waals surface area contributed by atoms with E-state index in [2.05, 4.69) is 5.10 Å². The Labute approximate surface area is 128 Å². The van der Waals surface area contributed by atoms with Crippen LogP contribution < -0.4 is 5.56 Å². The Morgan fingerprint density at radius 2 is 1.95 bits per heavy atom. The molecule has 0 aliphatic heterocycles. The molecule has 1 aromatic carbocycles. The van der Waals surface area contributed by atoms with E-state index in [-0.39, 0.29) is 16.3 Å². The van der Waals surface area contributed by atoms with Crippen LogP contribution in [0.1, 0.15) is 16.1 Å². The van der Waals surface area contributed by atoms with E-state index in [4.69, 9.17) is 28.3 Å². The summed E-state index contributed by atoms with van der Waals surface area (Å²) in [4.78, 5) is 35.0. The average molecular weight is 329 g/mol. The van der Waals surface area contributed by atoms with Crippen molar-refractivity contribution in [3.05, 3.63) is 50.9 Å². The topological polar surface area (TPSA) is 92.2 Å². The molecule has 8 heteroatoms. The fraction of sp³-hybridized carbons (Fsp3) is 0.154. The molecule has 1 heterocycles. The van der Waals surface area contributed by atoms with Crippen molar-refractivity contribution in [3.8, 4) is 5.69 Å². The van der Waals surface area contributed by atoms with Crippen LogP contribution in [-0.4, -0.2) is 32.5 Å². The van der Waals surface area contributed by atoms with E-state index >= 15 is 0 Å². The van der Waals surface area contributed by atoms with E-state index in [0.717, 1.165) is 4.68 Å². The van der Waals surface area contributed by atoms with E-state index in [1.165, 1.54) is 0 Å². The standard InChI is InChI=1S/C13H10Cl2N2O4/c14-6-10(18)12-8(5-11(19)20)16-17(13(12)21)9-4-2-1-3-7(9)15/h1-4,16H,5-6H2,(H,19,20). The lowest BCUT2D eigenvalue weighted by molar-refractivity contribution is -0.136. The number of carbonyl (C=O) groups excluding carboxylic acids is 1. The highest BCUT2D eigenvalue weighted by Gasteiger charge is 2.23. The largest absolute Gasteiger partial charge is 0.481 e. The van der Waals surface area contributed by atoms with Gasteiger partial charge in [-0.05, 0) is 12.1 Å². The van der Waals surface area contributed by atoms with Crippen molar-refractivity contribution in [1.29, 1.82) is 0 Å². The lowest BCUT2D eigenvalue weighted by Crippen LogP contribution is -2.21. The molecule has 0 amide bonds. The van der Waals surface area contributed by atoms with Crippen molar-refractivity contribution in [2.45, 2.75) is 6.42 Å². The van der Waals surface area contributed by atoms with Gasteiger partial charge in [0.1, 0.15) is 5.56 Å². The maximum Gasteiger partial charge on any atom is 0.309 e. The van der Waals surface area contributed by atoms with Gasteiger partial charge < -0.3 is 5.11 Å². The number of halogens is 2. The van der Waals surface area contributed by atoms with Gasteiger partial charge >= 0.3 is 5.97 Å². The van der Waals surface area contributed by atoms with Crippen molar-refractivity contribution < 1.29 is 14.7 Å². The first kappa shape index (κ1) is 15.3. The third-order valence-corrected chi connectivity index (χ3v) is 3.35. The molecule has 21 heavy (non-hydrogen) atoms. The highest BCUT2D eigenvalue weighted by molar-refractivity contribution is 6.32. The normalized spacial score (nSPS) is 10.6. The number of carboxylic acid groups (broad SMARTS) is 1. The first-order chi connectivity index (χ1) is 9.95. The molecular formula is C13H10Cl2N2O4. The Kier molecular flexibility index (Phi) is 4.50. The van der Waals surface area contributed by atoms with Gasteiger partial charge in [-0.3, -0.25) is 19.5 Å². The lowest BCUT2D eigenvalue weighted by Gasteiger charge is -2.03. The van der Waals surface area contributed by atoms with Crippen molar-refractivity contribution in [2.24, 2.45) is 0 Å². The number of aromatic nitrogens is 2. The number of hydrogen-bond donors (Lipinski definition) is 2. The number of rotatable bonds is 5. The summed E-state index contributed by atoms with van der Waals surface area (Å²) >= 11 is 11.5. The van der Waals surface area contributed by atoms with Gasteiger partial charge in [-0.15, -0.1) is 11.6 Å². The summed E-state index contributed by atoms with van der Waals surface area (Å²) < 4.78 is 1.04. The van der Waals surface area contributed by atoms with Gasteiger partial charge in [-0.25, -0.2) is 4.68 Å². The van der Waals surface area contributed by atoms with Crippen LogP contribution in [0.3, 0.4) is 0 Å². The number of alkyl halides is 1. The minimum absolute atomic E-state index is 0.00179. The first-order valence-electron chi connectivity index (χ1n) is 5.85. The molecule has 2 N–H and O–H groups in total. The third-order valence-electron chi connectivity index (χ3n) is 2.79. The van der Waals surface area contributed by atoms with E-state index in [1.807, 2.05) is 0 Å². The highest BCUT2D eigenvalue weighted by atomic mass is 35.5. The van der Waals surface area contributed by atoms with Crippen molar-refractivity contribution in [3.63, 3.8) is 0 Å². The van der Waals surface area contributed by atoms with Crippen molar-refractivity contribution >= 4 is 35.0 Å². The van der Waals surface area contributed by atoms with Gasteiger partial charge in [0.25, 0.3) is 5.56 Å². The van der Waals surface area contributed by atoms with Crippen molar-refractivity contribution in [2.75, 3.05) is 5.88 Å². The molecule has 0 spiro atoms. The fourth-order valence-corrected chi connectivity index (χ4v) is 2.27. The highest BCUT2D eigenvalue weighted by Crippen LogP contribution is 2.19. The van der Waals surface area contributed by atoms with Gasteiger partial charge in [-0.1, -0.05) is 23.7 Å². The van der Waals surface area contributed by atoms with E-state index in [1.54, 1.807) is 24.3 Å². The Hall–Kier alpha value is -2.05. The zero-order valence-corrected chi connectivity index (χ0v) is 12.1. The number of aromatic amines is 1. The molecule has 0 fully saturated rings. The van der Waals surface area contributed by atoms with Gasteiger partial charge in [0.15, 0.2) is 5.78 Å². The molecule has 0 saturated heterocycles. The Bertz CT molecular complexity index is 764. The molecule has 6 nitrogen and oxygen atoms in total. The number of aliphatic carboxylic acids is 1. The molecule has 0 aliphatic carbocycles. The second-order valence-electron chi connectivity index (χ2n) is 4.18. The smallest absolute Gasteiger partial charge is 0.309 e. The molecule has 0 aliphatic rings. The number of carboxylic acids is 1. The summed E-state index contributed by atoms with van der Waals surface area (Å²) in [5.74, 6) is -2.23. The van der Waals surface area contributed by atoms with E-state index in [0.29, 0.717) is 5.69 Å². The first-order valence-corrected chi connectivity index (χ1v) is 6.76. The number of benzene rings is 1. The Balaban J connectivity index is 2.67. The predicted molar refractivity (Wildman–Crippen MR) is 77.8 cm³/mol. The second kappa shape index (κ2) is 6.15. The molecule has 0 unspecified atom stereocenters. The molecule has 1 aromatic heterocycles. The zero-order valence-electron chi connectivity index (χ0n) is 10.6. The summed E-state index contributed by atoms with van der Waals surface area (Å²) in [6.07, 6.45) is -0.495. The summed E-state index contributed by atoms with van der Waals surface area (Å²) in [6.45, 7) is 0. The Morgan fingerprint density at radius 3 is 2.52 bits per heavy atom. The maximum absolute atomic E-state index is 12.3. The van der Waals surface area contributed by atoms with Crippen LogP contribution >= 0.6 is 23.2 Å². The second-order valence-corrected chi connectivity index (χ2v) is 4.86. The van der Waals surface area contributed by atoms with E-state index in [9.17, 15) is 14.4 Å². The van der Waals surface area contributed by atoms with E-state index < -0.39 is 29.6 Å². The summed E-state index contributed by atoms with van der Waals surface area (Å²) in [6, 6.07) is 6.49. The number of ketones is 1. The summed E-state index contributed by atoms with van der Waals surface area (Å²) in [7, 11) is 0. The van der Waals surface area contributed by atoms with Gasteiger partial charge in [0, 0.05) is 0 Å². The van der Waals surface area contributed by atoms with Crippen LogP contribution in [0.25, 0.3) is 5.69 Å². The SMILES string of the molecule is O=C(O)Cc1[nH]n(-c2ccccc2Cl)c(=O)c1C(=O)CCl. The predicted octanol–water partition coefficient (Wildman–Crippen LogP) is 1.87. The van der Waals surface area contributed by atoms with Gasteiger partial charge in [0.2, 0.25) is 0 Å². The molecule has 110 valence electrons. The van der Waals surface area contributed by atoms with Crippen LogP contribution in [0.5, 0.6) is 0 Å². The van der Waals surface area contributed by atoms with Crippen LogP contribution in [0.15, 0.2) is 29.1 Å². The molecule has 0 bridgehead atoms. The van der Waals surface area contributed by atoms with Crippen molar-refractivity contribution in [1.82, 2.24) is 9.78 Å². The number of hydrogen-bond acceptors (Lipinski definition) is 3. The third kappa shape index (κ3) is 3.01. The minimum Gasteiger partial charge on any atom is -0.481 e. The molecule has 0 saturated carbocycles.